The Labute approximate surface area is 176 Å². The summed E-state index contributed by atoms with van der Waals surface area (Å²) in [5.74, 6) is -0.0291. The quantitative estimate of drug-likeness (QED) is 0.462. The molecule has 0 spiro atoms. The molecular weight excluding hydrogens is 435 g/mol. The van der Waals surface area contributed by atoms with Gasteiger partial charge < -0.3 is 10.1 Å². The van der Waals surface area contributed by atoms with Crippen molar-refractivity contribution in [2.24, 2.45) is 4.40 Å². The van der Waals surface area contributed by atoms with Gasteiger partial charge in [-0.05, 0) is 54.6 Å². The van der Waals surface area contributed by atoms with Gasteiger partial charge >= 0.3 is 5.97 Å². The van der Waals surface area contributed by atoms with E-state index in [9.17, 15) is 13.2 Å². The molecule has 0 amide bonds. The van der Waals surface area contributed by atoms with Gasteiger partial charge in [0, 0.05) is 11.3 Å². The second-order valence-electron chi connectivity index (χ2n) is 6.08. The summed E-state index contributed by atoms with van der Waals surface area (Å²) in [6, 6.07) is 17.5. The van der Waals surface area contributed by atoms with E-state index >= 15 is 0 Å². The standard InChI is InChI=1S/C20H12Cl2N2O4S/c21-16-10-5-12(11-17(16)22)20(25)28-14-8-6-13(7-9-14)23-19-15-3-1-2-4-18(15)29(26,27)24-19/h1-11H,(H,23,24). The lowest BCUT2D eigenvalue weighted by atomic mass is 10.2. The Morgan fingerprint density at radius 3 is 2.38 bits per heavy atom. The van der Waals surface area contributed by atoms with Gasteiger partial charge in [-0.3, -0.25) is 0 Å². The first-order valence-electron chi connectivity index (χ1n) is 8.32. The molecule has 0 bridgehead atoms. The molecule has 0 aromatic heterocycles. The van der Waals surface area contributed by atoms with Crippen molar-refractivity contribution in [3.05, 3.63) is 87.9 Å². The Balaban J connectivity index is 1.49. The molecule has 29 heavy (non-hydrogen) atoms. The Hall–Kier alpha value is -2.87. The average Bonchev–Trinajstić information content (AvgIpc) is 2.96. The van der Waals surface area contributed by atoms with Crippen molar-refractivity contribution in [3.8, 4) is 5.75 Å². The van der Waals surface area contributed by atoms with Crippen LogP contribution >= 0.6 is 23.2 Å². The summed E-state index contributed by atoms with van der Waals surface area (Å²) in [7, 11) is -3.70. The molecule has 0 atom stereocenters. The normalized spacial score (nSPS) is 14.1. The van der Waals surface area contributed by atoms with Crippen LogP contribution in [0.2, 0.25) is 10.0 Å². The topological polar surface area (TPSA) is 84.8 Å². The lowest BCUT2D eigenvalue weighted by Crippen LogP contribution is -2.11. The maximum absolute atomic E-state index is 12.2. The van der Waals surface area contributed by atoms with Gasteiger partial charge in [-0.15, -0.1) is 4.40 Å². The molecule has 1 N–H and O–H groups in total. The fraction of sp³-hybridized carbons (Fsp3) is 0. The van der Waals surface area contributed by atoms with Crippen LogP contribution in [0.25, 0.3) is 0 Å². The van der Waals surface area contributed by atoms with Crippen molar-refractivity contribution < 1.29 is 17.9 Å². The van der Waals surface area contributed by atoms with Crippen LogP contribution in [0.1, 0.15) is 15.9 Å². The van der Waals surface area contributed by atoms with Crippen LogP contribution in [0, 0.1) is 0 Å². The molecule has 1 aliphatic heterocycles. The zero-order chi connectivity index (χ0) is 20.6. The Bertz CT molecular complexity index is 1260. The first-order valence-corrected chi connectivity index (χ1v) is 10.5. The Morgan fingerprint density at radius 1 is 0.931 bits per heavy atom. The molecule has 1 aliphatic rings. The highest BCUT2D eigenvalue weighted by Crippen LogP contribution is 2.27. The van der Waals surface area contributed by atoms with Crippen LogP contribution in [0.5, 0.6) is 5.75 Å². The predicted octanol–water partition coefficient (Wildman–Crippen LogP) is 4.77. The molecule has 146 valence electrons. The van der Waals surface area contributed by atoms with Gasteiger partial charge in [-0.1, -0.05) is 35.3 Å². The zero-order valence-electron chi connectivity index (χ0n) is 14.6. The molecule has 0 aliphatic carbocycles. The first-order chi connectivity index (χ1) is 13.8. The van der Waals surface area contributed by atoms with Gasteiger partial charge in [0.2, 0.25) is 0 Å². The van der Waals surface area contributed by atoms with Crippen LogP contribution < -0.4 is 10.1 Å². The maximum Gasteiger partial charge on any atom is 0.343 e. The summed E-state index contributed by atoms with van der Waals surface area (Å²) >= 11 is 11.8. The SMILES string of the molecule is O=C(Oc1ccc(NC2=NS(=O)(=O)c3ccccc32)cc1)c1ccc(Cl)c(Cl)c1. The van der Waals surface area contributed by atoms with E-state index in [1.54, 1.807) is 42.5 Å². The monoisotopic (exact) mass is 446 g/mol. The van der Waals surface area contributed by atoms with E-state index in [2.05, 4.69) is 9.71 Å². The second kappa shape index (κ2) is 7.51. The number of hydrogen-bond donors (Lipinski definition) is 1. The number of rotatable bonds is 3. The van der Waals surface area contributed by atoms with Crippen molar-refractivity contribution in [2.45, 2.75) is 4.90 Å². The summed E-state index contributed by atoms with van der Waals surface area (Å²) in [5.41, 5.74) is 1.36. The number of esters is 1. The molecule has 0 fully saturated rings. The molecule has 4 rings (SSSR count). The third kappa shape index (κ3) is 3.98. The number of nitrogens with one attached hydrogen (secondary N) is 1. The smallest absolute Gasteiger partial charge is 0.343 e. The molecule has 6 nitrogen and oxygen atoms in total. The lowest BCUT2D eigenvalue weighted by molar-refractivity contribution is 0.0735. The molecule has 3 aromatic carbocycles. The fourth-order valence-corrected chi connectivity index (χ4v) is 4.20. The van der Waals surface area contributed by atoms with Gasteiger partial charge in [-0.2, -0.15) is 8.42 Å². The average molecular weight is 447 g/mol. The highest BCUT2D eigenvalue weighted by Gasteiger charge is 2.28. The number of sulfonamides is 1. The Morgan fingerprint density at radius 2 is 1.66 bits per heavy atom. The summed E-state index contributed by atoms with van der Waals surface area (Å²) < 4.78 is 33.3. The van der Waals surface area contributed by atoms with E-state index in [4.69, 9.17) is 27.9 Å². The summed E-state index contributed by atoms with van der Waals surface area (Å²) in [6.07, 6.45) is 0. The highest BCUT2D eigenvalue weighted by atomic mass is 35.5. The lowest BCUT2D eigenvalue weighted by Gasteiger charge is -2.08. The van der Waals surface area contributed by atoms with Gasteiger partial charge in [0.1, 0.15) is 10.6 Å². The van der Waals surface area contributed by atoms with Crippen LogP contribution in [-0.2, 0) is 10.0 Å². The largest absolute Gasteiger partial charge is 0.423 e. The van der Waals surface area contributed by atoms with Gasteiger partial charge in [0.05, 0.1) is 15.6 Å². The van der Waals surface area contributed by atoms with Crippen LogP contribution in [-0.4, -0.2) is 20.2 Å². The van der Waals surface area contributed by atoms with Crippen molar-refractivity contribution in [1.82, 2.24) is 0 Å². The molecular formula is C20H12Cl2N2O4S. The molecule has 9 heteroatoms. The van der Waals surface area contributed by atoms with E-state index in [0.717, 1.165) is 0 Å². The van der Waals surface area contributed by atoms with Crippen molar-refractivity contribution in [2.75, 3.05) is 5.32 Å². The number of carbonyl (C=O) groups is 1. The summed E-state index contributed by atoms with van der Waals surface area (Å²) in [6.45, 7) is 0. The highest BCUT2D eigenvalue weighted by molar-refractivity contribution is 7.90. The fourth-order valence-electron chi connectivity index (χ4n) is 2.73. The van der Waals surface area contributed by atoms with Crippen molar-refractivity contribution >= 4 is 50.7 Å². The van der Waals surface area contributed by atoms with E-state index in [1.165, 1.54) is 24.3 Å². The van der Waals surface area contributed by atoms with Crippen LogP contribution in [0.15, 0.2) is 76.0 Å². The number of ether oxygens (including phenoxy) is 1. The minimum atomic E-state index is -3.70. The minimum absolute atomic E-state index is 0.162. The molecule has 3 aromatic rings. The number of benzene rings is 3. The van der Waals surface area contributed by atoms with Crippen LogP contribution in [0.3, 0.4) is 0 Å². The maximum atomic E-state index is 12.2. The first kappa shape index (κ1) is 19.4. The third-order valence-corrected chi connectivity index (χ3v) is 6.19. The second-order valence-corrected chi connectivity index (χ2v) is 8.47. The summed E-state index contributed by atoms with van der Waals surface area (Å²) in [5, 5.41) is 3.58. The van der Waals surface area contributed by atoms with Crippen LogP contribution in [0.4, 0.5) is 5.69 Å². The molecule has 0 radical (unpaired) electrons. The van der Waals surface area contributed by atoms with Crippen molar-refractivity contribution in [1.29, 1.82) is 0 Å². The van der Waals surface area contributed by atoms with Gasteiger partial charge in [0.15, 0.2) is 5.84 Å². The third-order valence-electron chi connectivity index (χ3n) is 4.11. The van der Waals surface area contributed by atoms with Crippen molar-refractivity contribution in [3.63, 3.8) is 0 Å². The molecule has 0 saturated heterocycles. The molecule has 0 saturated carbocycles. The number of amidine groups is 1. The zero-order valence-corrected chi connectivity index (χ0v) is 16.9. The van der Waals surface area contributed by atoms with Gasteiger partial charge in [-0.25, -0.2) is 4.79 Å². The molecule has 0 unspecified atom stereocenters. The number of fused-ring (bicyclic) bond motifs is 1. The number of hydrogen-bond acceptors (Lipinski definition) is 5. The number of halogens is 2. The minimum Gasteiger partial charge on any atom is -0.423 e. The van der Waals surface area contributed by atoms with Gasteiger partial charge in [0.25, 0.3) is 10.0 Å². The van der Waals surface area contributed by atoms with E-state index in [-0.39, 0.29) is 21.3 Å². The van der Waals surface area contributed by atoms with E-state index < -0.39 is 16.0 Å². The van der Waals surface area contributed by atoms with E-state index in [0.29, 0.717) is 22.0 Å². The number of nitrogens with zero attached hydrogens (tertiary/aromatic N) is 1. The Kier molecular flexibility index (Phi) is 5.04. The molecule has 1 heterocycles. The predicted molar refractivity (Wildman–Crippen MR) is 112 cm³/mol. The number of carbonyl (C=O) groups excluding carboxylic acids is 1. The van der Waals surface area contributed by atoms with E-state index in [1.807, 2.05) is 0 Å². The number of anilines is 1. The summed E-state index contributed by atoms with van der Waals surface area (Å²) in [4.78, 5) is 12.4.